The summed E-state index contributed by atoms with van der Waals surface area (Å²) in [6, 6.07) is 14.9. The number of thiazole rings is 1. The van der Waals surface area contributed by atoms with Crippen molar-refractivity contribution in [2.45, 2.75) is 46.7 Å². The van der Waals surface area contributed by atoms with Gasteiger partial charge < -0.3 is 10.6 Å². The molecule has 0 spiro atoms. The molecule has 6 rings (SSSR count). The summed E-state index contributed by atoms with van der Waals surface area (Å²) in [5, 5.41) is 13.4. The van der Waals surface area contributed by atoms with Crippen LogP contribution in [0.15, 0.2) is 48.7 Å². The Morgan fingerprint density at radius 2 is 1.76 bits per heavy atom. The molecule has 3 aromatic heterocycles. The van der Waals surface area contributed by atoms with Crippen LogP contribution < -0.4 is 10.6 Å². The van der Waals surface area contributed by atoms with Crippen molar-refractivity contribution in [2.24, 2.45) is 0 Å². The highest BCUT2D eigenvalue weighted by atomic mass is 35.5. The predicted octanol–water partition coefficient (Wildman–Crippen LogP) is 6.60. The smallest absolute Gasteiger partial charge is 0.182 e. The number of benzene rings is 2. The number of nitrogens with zero attached hydrogens (tertiary/aromatic N) is 4. The van der Waals surface area contributed by atoms with Gasteiger partial charge in [-0.25, -0.2) is 14.5 Å². The van der Waals surface area contributed by atoms with Gasteiger partial charge in [0.15, 0.2) is 11.5 Å². The number of fused-ring (bicyclic) bond motifs is 2. The van der Waals surface area contributed by atoms with E-state index in [1.165, 1.54) is 32.8 Å². The van der Waals surface area contributed by atoms with Crippen molar-refractivity contribution in [3.63, 3.8) is 0 Å². The number of hydrogen-bond donors (Lipinski definition) is 2. The maximum atomic E-state index is 6.62. The highest BCUT2D eigenvalue weighted by Crippen LogP contribution is 2.38. The van der Waals surface area contributed by atoms with E-state index in [1.807, 2.05) is 23.6 Å². The van der Waals surface area contributed by atoms with Crippen LogP contribution >= 0.6 is 22.9 Å². The van der Waals surface area contributed by atoms with Gasteiger partial charge in [0, 0.05) is 48.3 Å². The molecule has 0 saturated heterocycles. The van der Waals surface area contributed by atoms with Crippen molar-refractivity contribution in [3.8, 4) is 33.1 Å². The summed E-state index contributed by atoms with van der Waals surface area (Å²) in [6.45, 7) is 10.1. The van der Waals surface area contributed by atoms with E-state index in [2.05, 4.69) is 67.8 Å². The molecule has 0 atom stereocenters. The van der Waals surface area contributed by atoms with Gasteiger partial charge in [0.25, 0.3) is 0 Å². The zero-order chi connectivity index (χ0) is 26.2. The molecule has 2 N–H and O–H groups in total. The fourth-order valence-corrected chi connectivity index (χ4v) is 6.62. The quantitative estimate of drug-likeness (QED) is 0.227. The van der Waals surface area contributed by atoms with E-state index in [0.717, 1.165) is 60.7 Å². The minimum absolute atomic E-state index is 0.609. The van der Waals surface area contributed by atoms with Crippen molar-refractivity contribution < 1.29 is 0 Å². The third-order valence-corrected chi connectivity index (χ3v) is 8.64. The zero-order valence-corrected chi connectivity index (χ0v) is 23.5. The summed E-state index contributed by atoms with van der Waals surface area (Å²) in [4.78, 5) is 11.2. The van der Waals surface area contributed by atoms with Crippen LogP contribution in [-0.4, -0.2) is 32.7 Å². The molecule has 0 amide bonds. The molecule has 0 bridgehead atoms. The topological polar surface area (TPSA) is 67.1 Å². The number of pyridine rings is 1. The van der Waals surface area contributed by atoms with Crippen LogP contribution in [0.3, 0.4) is 0 Å². The lowest BCUT2D eigenvalue weighted by Gasteiger charge is -2.14. The van der Waals surface area contributed by atoms with Gasteiger partial charge in [0.2, 0.25) is 0 Å². The van der Waals surface area contributed by atoms with E-state index in [4.69, 9.17) is 26.7 Å². The fourth-order valence-electron chi connectivity index (χ4n) is 5.19. The average Bonchev–Trinajstić information content (AvgIpc) is 3.54. The van der Waals surface area contributed by atoms with Crippen molar-refractivity contribution >= 4 is 28.6 Å². The molecule has 1 aliphatic heterocycles. The lowest BCUT2D eigenvalue weighted by molar-refractivity contribution is 0.644. The molecule has 194 valence electrons. The molecule has 38 heavy (non-hydrogen) atoms. The minimum atomic E-state index is 0.609. The molecule has 0 fully saturated rings. The largest absolute Gasteiger partial charge is 0.313 e. The van der Waals surface area contributed by atoms with Crippen LogP contribution in [0.4, 0.5) is 0 Å². The van der Waals surface area contributed by atoms with Crippen LogP contribution in [0.25, 0.3) is 38.7 Å². The van der Waals surface area contributed by atoms with E-state index in [9.17, 15) is 0 Å². The van der Waals surface area contributed by atoms with E-state index < -0.39 is 0 Å². The monoisotopic (exact) mass is 542 g/mol. The van der Waals surface area contributed by atoms with Crippen LogP contribution in [0.2, 0.25) is 5.02 Å². The van der Waals surface area contributed by atoms with E-state index in [1.54, 1.807) is 4.52 Å². The molecule has 2 aromatic carbocycles. The van der Waals surface area contributed by atoms with Crippen LogP contribution in [0.1, 0.15) is 40.6 Å². The van der Waals surface area contributed by atoms with Gasteiger partial charge in [-0.1, -0.05) is 54.9 Å². The number of hydrogen-bond acceptors (Lipinski definition) is 6. The number of halogens is 1. The second kappa shape index (κ2) is 10.6. The Morgan fingerprint density at radius 3 is 2.53 bits per heavy atom. The summed E-state index contributed by atoms with van der Waals surface area (Å²) in [6.07, 6.45) is 4.10. The lowest BCUT2D eigenvalue weighted by Crippen LogP contribution is -2.22. The van der Waals surface area contributed by atoms with Gasteiger partial charge in [-0.2, -0.15) is 0 Å². The van der Waals surface area contributed by atoms with E-state index in [0.29, 0.717) is 16.5 Å². The normalized spacial score (nSPS) is 13.3. The van der Waals surface area contributed by atoms with Gasteiger partial charge in [0.1, 0.15) is 5.01 Å². The SMILES string of the molecule is CCCNCc1cc(Cl)c2nc(-c3cccc(-c4cccc(-c5nc6c(s5)CNCC6)c4C)c3C)nn2c1. The van der Waals surface area contributed by atoms with Crippen molar-refractivity contribution in [2.75, 3.05) is 13.1 Å². The van der Waals surface area contributed by atoms with Gasteiger partial charge >= 0.3 is 0 Å². The first-order valence-electron chi connectivity index (χ1n) is 13.2. The zero-order valence-electron chi connectivity index (χ0n) is 21.9. The third-order valence-electron chi connectivity index (χ3n) is 7.23. The van der Waals surface area contributed by atoms with Crippen LogP contribution in [0, 0.1) is 13.8 Å². The molecule has 5 aromatic rings. The van der Waals surface area contributed by atoms with Crippen LogP contribution in [0.5, 0.6) is 0 Å². The van der Waals surface area contributed by atoms with Crippen molar-refractivity contribution in [1.29, 1.82) is 0 Å². The number of rotatable bonds is 7. The second-order valence-corrected chi connectivity index (χ2v) is 11.3. The number of aromatic nitrogens is 4. The third kappa shape index (κ3) is 4.64. The maximum Gasteiger partial charge on any atom is 0.182 e. The average molecular weight is 543 g/mol. The summed E-state index contributed by atoms with van der Waals surface area (Å²) < 4.78 is 1.80. The maximum absolute atomic E-state index is 6.62. The Kier molecular flexibility index (Phi) is 7.01. The second-order valence-electron chi connectivity index (χ2n) is 9.85. The van der Waals surface area contributed by atoms with E-state index >= 15 is 0 Å². The minimum Gasteiger partial charge on any atom is -0.313 e. The molecule has 1 aliphatic rings. The molecule has 8 heteroatoms. The summed E-state index contributed by atoms with van der Waals surface area (Å²) in [7, 11) is 0. The van der Waals surface area contributed by atoms with Crippen LogP contribution in [-0.2, 0) is 19.5 Å². The molecular weight excluding hydrogens is 512 g/mol. The molecule has 0 radical (unpaired) electrons. The molecular formula is C30H31ClN6S. The first kappa shape index (κ1) is 25.2. The van der Waals surface area contributed by atoms with Crippen molar-refractivity contribution in [3.05, 3.63) is 80.9 Å². The Labute approximate surface area is 232 Å². The van der Waals surface area contributed by atoms with E-state index in [-0.39, 0.29) is 0 Å². The van der Waals surface area contributed by atoms with Gasteiger partial charge in [0.05, 0.1) is 10.7 Å². The summed E-state index contributed by atoms with van der Waals surface area (Å²) in [5.41, 5.74) is 9.98. The Hall–Kier alpha value is -3.10. The lowest BCUT2D eigenvalue weighted by atomic mass is 9.91. The molecule has 0 aliphatic carbocycles. The summed E-state index contributed by atoms with van der Waals surface area (Å²) >= 11 is 8.43. The van der Waals surface area contributed by atoms with Gasteiger partial charge in [-0.05, 0) is 60.7 Å². The first-order valence-corrected chi connectivity index (χ1v) is 14.4. The molecule has 0 saturated carbocycles. The van der Waals surface area contributed by atoms with Crippen molar-refractivity contribution in [1.82, 2.24) is 30.2 Å². The van der Waals surface area contributed by atoms with Gasteiger partial charge in [-0.3, -0.25) is 0 Å². The molecule has 4 heterocycles. The first-order chi connectivity index (χ1) is 18.5. The standard InChI is InChI=1S/C30H31ClN6S/c1-4-12-32-15-20-14-25(31)29-35-28(36-37(29)17-20)23-9-5-7-21(18(23)2)22-8-6-10-24(19(22)3)30-34-26-11-13-33-16-27(26)38-30/h5-10,14,17,32-33H,4,11-13,15-16H2,1-3H3. The Balaban J connectivity index is 1.38. The Bertz CT molecular complexity index is 1610. The molecule has 0 unspecified atom stereocenters. The summed E-state index contributed by atoms with van der Waals surface area (Å²) in [5.74, 6) is 0.679. The molecule has 6 nitrogen and oxygen atoms in total. The highest BCUT2D eigenvalue weighted by molar-refractivity contribution is 7.15. The fraction of sp³-hybridized carbons (Fsp3) is 0.300. The number of nitrogens with one attached hydrogen (secondary N) is 2. The Morgan fingerprint density at radius 1 is 1.03 bits per heavy atom. The highest BCUT2D eigenvalue weighted by Gasteiger charge is 2.20. The van der Waals surface area contributed by atoms with Gasteiger partial charge in [-0.15, -0.1) is 16.4 Å². The predicted molar refractivity (Wildman–Crippen MR) is 157 cm³/mol.